The summed E-state index contributed by atoms with van der Waals surface area (Å²) in [5, 5.41) is 12.6. The van der Waals surface area contributed by atoms with Gasteiger partial charge in [0, 0.05) is 24.5 Å². The molecule has 3 rings (SSSR count). The van der Waals surface area contributed by atoms with Crippen molar-refractivity contribution in [3.05, 3.63) is 47.0 Å². The number of anilines is 1. The van der Waals surface area contributed by atoms with Crippen molar-refractivity contribution in [2.45, 2.75) is 23.1 Å². The number of hydrogen-bond acceptors (Lipinski definition) is 7. The van der Waals surface area contributed by atoms with E-state index in [0.29, 0.717) is 11.1 Å². The summed E-state index contributed by atoms with van der Waals surface area (Å²) in [5.74, 6) is 0.418. The van der Waals surface area contributed by atoms with Gasteiger partial charge >= 0.3 is 5.69 Å². The van der Waals surface area contributed by atoms with Crippen LogP contribution in [0.2, 0.25) is 0 Å². The highest BCUT2D eigenvalue weighted by Crippen LogP contribution is 2.32. The van der Waals surface area contributed by atoms with E-state index in [2.05, 4.69) is 15.0 Å². The lowest BCUT2D eigenvalue weighted by Crippen LogP contribution is -2.35. The Bertz CT molecular complexity index is 647. The van der Waals surface area contributed by atoms with E-state index >= 15 is 0 Å². The number of pyridine rings is 1. The van der Waals surface area contributed by atoms with Crippen molar-refractivity contribution < 1.29 is 4.92 Å². The maximum absolute atomic E-state index is 11.1. The van der Waals surface area contributed by atoms with Crippen LogP contribution in [0.4, 0.5) is 11.5 Å². The molecule has 1 aliphatic heterocycles. The number of thioether (sulfide) groups is 1. The van der Waals surface area contributed by atoms with Crippen molar-refractivity contribution in [3.8, 4) is 0 Å². The molecule has 0 unspecified atom stereocenters. The molecule has 0 aromatic carbocycles. The van der Waals surface area contributed by atoms with Crippen LogP contribution in [-0.2, 0) is 0 Å². The second kappa shape index (κ2) is 6.69. The van der Waals surface area contributed by atoms with Gasteiger partial charge in [-0.3, -0.25) is 10.1 Å². The van der Waals surface area contributed by atoms with Crippen molar-refractivity contribution in [2.75, 3.05) is 18.0 Å². The molecular formula is C14H15N5O2S. The minimum absolute atomic E-state index is 0.0293. The lowest BCUT2D eigenvalue weighted by molar-refractivity contribution is -0.384. The second-order valence-corrected chi connectivity index (χ2v) is 6.28. The lowest BCUT2D eigenvalue weighted by Gasteiger charge is -2.31. The van der Waals surface area contributed by atoms with E-state index in [1.807, 2.05) is 23.1 Å². The molecule has 0 N–H and O–H groups in total. The maximum atomic E-state index is 11.1. The average molecular weight is 317 g/mol. The fourth-order valence-corrected chi connectivity index (χ4v) is 3.53. The van der Waals surface area contributed by atoms with E-state index in [1.165, 1.54) is 12.5 Å². The summed E-state index contributed by atoms with van der Waals surface area (Å²) in [5.41, 5.74) is -0.0293. The van der Waals surface area contributed by atoms with Gasteiger partial charge in [-0.1, -0.05) is 6.07 Å². The molecule has 0 aliphatic carbocycles. The predicted octanol–water partition coefficient (Wildman–Crippen LogP) is 2.54. The number of nitrogens with zero attached hydrogens (tertiary/aromatic N) is 5. The molecule has 3 heterocycles. The third-order valence-corrected chi connectivity index (χ3v) is 4.82. The summed E-state index contributed by atoms with van der Waals surface area (Å²) in [7, 11) is 0. The van der Waals surface area contributed by atoms with Gasteiger partial charge in [0.2, 0.25) is 5.82 Å². The largest absolute Gasteiger partial charge is 0.351 e. The van der Waals surface area contributed by atoms with E-state index in [4.69, 9.17) is 0 Å². The molecule has 2 aromatic rings. The zero-order valence-corrected chi connectivity index (χ0v) is 12.6. The number of nitro groups is 1. The first-order valence-corrected chi connectivity index (χ1v) is 7.89. The van der Waals surface area contributed by atoms with Crippen LogP contribution >= 0.6 is 11.8 Å². The second-order valence-electron chi connectivity index (χ2n) is 4.96. The third-order valence-electron chi connectivity index (χ3n) is 3.54. The monoisotopic (exact) mass is 317 g/mol. The van der Waals surface area contributed by atoms with E-state index < -0.39 is 4.92 Å². The predicted molar refractivity (Wildman–Crippen MR) is 84.0 cm³/mol. The van der Waals surface area contributed by atoms with Gasteiger partial charge in [-0.25, -0.2) is 15.0 Å². The summed E-state index contributed by atoms with van der Waals surface area (Å²) in [4.78, 5) is 24.8. The van der Waals surface area contributed by atoms with Crippen LogP contribution in [0, 0.1) is 10.1 Å². The van der Waals surface area contributed by atoms with Crippen molar-refractivity contribution in [1.29, 1.82) is 0 Å². The van der Waals surface area contributed by atoms with Crippen molar-refractivity contribution in [1.82, 2.24) is 15.0 Å². The van der Waals surface area contributed by atoms with Gasteiger partial charge in [0.05, 0.1) is 9.95 Å². The normalized spacial score (nSPS) is 15.7. The van der Waals surface area contributed by atoms with Crippen molar-refractivity contribution in [3.63, 3.8) is 0 Å². The molecule has 1 aliphatic rings. The zero-order chi connectivity index (χ0) is 15.4. The highest BCUT2D eigenvalue weighted by atomic mass is 32.2. The zero-order valence-electron chi connectivity index (χ0n) is 11.8. The summed E-state index contributed by atoms with van der Waals surface area (Å²) in [6.45, 7) is 1.50. The number of rotatable bonds is 4. The Kier molecular flexibility index (Phi) is 4.47. The van der Waals surface area contributed by atoms with E-state index in [1.54, 1.807) is 18.0 Å². The van der Waals surface area contributed by atoms with Gasteiger partial charge in [-0.15, -0.1) is 11.8 Å². The number of hydrogen-bond donors (Lipinski definition) is 0. The van der Waals surface area contributed by atoms with Crippen molar-refractivity contribution >= 4 is 23.3 Å². The Labute approximate surface area is 132 Å². The molecule has 0 spiro atoms. The highest BCUT2D eigenvalue weighted by molar-refractivity contribution is 7.99. The maximum Gasteiger partial charge on any atom is 0.329 e. The molecular weight excluding hydrogens is 302 g/mol. The summed E-state index contributed by atoms with van der Waals surface area (Å²) in [6, 6.07) is 5.89. The van der Waals surface area contributed by atoms with Crippen LogP contribution in [0.15, 0.2) is 41.9 Å². The molecule has 114 valence electrons. The molecule has 0 amide bonds. The Hall–Kier alpha value is -2.22. The van der Waals surface area contributed by atoms with Crippen LogP contribution in [0.25, 0.3) is 0 Å². The molecule has 22 heavy (non-hydrogen) atoms. The van der Waals surface area contributed by atoms with Gasteiger partial charge in [-0.2, -0.15) is 0 Å². The fraction of sp³-hybridized carbons (Fsp3) is 0.357. The van der Waals surface area contributed by atoms with Gasteiger partial charge in [0.15, 0.2) is 0 Å². The van der Waals surface area contributed by atoms with E-state index in [-0.39, 0.29) is 5.69 Å². The Morgan fingerprint density at radius 1 is 1.27 bits per heavy atom. The molecule has 0 radical (unpaired) electrons. The quantitative estimate of drug-likeness (QED) is 0.632. The third kappa shape index (κ3) is 3.33. The molecule has 0 bridgehead atoms. The molecule has 8 heteroatoms. The highest BCUT2D eigenvalue weighted by Gasteiger charge is 2.26. The van der Waals surface area contributed by atoms with Crippen LogP contribution in [0.3, 0.4) is 0 Å². The Morgan fingerprint density at radius 3 is 2.77 bits per heavy atom. The molecule has 7 nitrogen and oxygen atoms in total. The van der Waals surface area contributed by atoms with E-state index in [0.717, 1.165) is 31.0 Å². The Balaban J connectivity index is 1.64. The number of aromatic nitrogens is 3. The minimum Gasteiger partial charge on any atom is -0.351 e. The summed E-state index contributed by atoms with van der Waals surface area (Å²) in [6.07, 6.45) is 6.31. The summed E-state index contributed by atoms with van der Waals surface area (Å²) >= 11 is 1.77. The Morgan fingerprint density at radius 2 is 2.09 bits per heavy atom. The fourth-order valence-electron chi connectivity index (χ4n) is 2.46. The van der Waals surface area contributed by atoms with Gasteiger partial charge < -0.3 is 4.90 Å². The molecule has 1 fully saturated rings. The van der Waals surface area contributed by atoms with Crippen LogP contribution in [0.5, 0.6) is 0 Å². The molecule has 2 aromatic heterocycles. The van der Waals surface area contributed by atoms with Gasteiger partial charge in [0.1, 0.15) is 12.5 Å². The molecule has 0 atom stereocenters. The standard InChI is InChI=1S/C14H15N5O2S/c20-19(21)12-9-15-10-17-14(12)18-7-4-11(5-8-18)22-13-3-1-2-6-16-13/h1-3,6,9-11H,4-5,7-8H2. The van der Waals surface area contributed by atoms with Crippen LogP contribution < -0.4 is 4.90 Å². The minimum atomic E-state index is -0.427. The van der Waals surface area contributed by atoms with Crippen LogP contribution in [-0.4, -0.2) is 38.2 Å². The molecule has 0 saturated carbocycles. The topological polar surface area (TPSA) is 85.0 Å². The number of piperidine rings is 1. The average Bonchev–Trinajstić information content (AvgIpc) is 2.56. The van der Waals surface area contributed by atoms with E-state index in [9.17, 15) is 10.1 Å². The SMILES string of the molecule is O=[N+]([O-])c1cncnc1N1CCC(Sc2ccccn2)CC1. The van der Waals surface area contributed by atoms with Crippen molar-refractivity contribution in [2.24, 2.45) is 0 Å². The van der Waals surface area contributed by atoms with Crippen LogP contribution in [0.1, 0.15) is 12.8 Å². The first-order valence-electron chi connectivity index (χ1n) is 7.01. The smallest absolute Gasteiger partial charge is 0.329 e. The molecule has 1 saturated heterocycles. The first kappa shape index (κ1) is 14.7. The first-order chi connectivity index (χ1) is 10.7. The lowest BCUT2D eigenvalue weighted by atomic mass is 10.1. The van der Waals surface area contributed by atoms with Gasteiger partial charge in [-0.05, 0) is 25.0 Å². The summed E-state index contributed by atoms with van der Waals surface area (Å²) < 4.78 is 0. The van der Waals surface area contributed by atoms with Gasteiger partial charge in [0.25, 0.3) is 0 Å².